The monoisotopic (exact) mass is 298 g/mol. The number of hydrogen-bond acceptors (Lipinski definition) is 3. The average molecular weight is 298 g/mol. The molecule has 114 valence electrons. The molecule has 1 aliphatic rings. The summed E-state index contributed by atoms with van der Waals surface area (Å²) in [6.07, 6.45) is 2.82. The van der Waals surface area contributed by atoms with Gasteiger partial charge in [0, 0.05) is 17.8 Å². The number of rotatable bonds is 4. The summed E-state index contributed by atoms with van der Waals surface area (Å²) in [4.78, 5) is 27.1. The van der Waals surface area contributed by atoms with Crippen LogP contribution in [-0.4, -0.2) is 18.0 Å². The fourth-order valence-corrected chi connectivity index (χ4v) is 2.80. The molecule has 0 unspecified atom stereocenters. The lowest BCUT2D eigenvalue weighted by Gasteiger charge is -2.10. The zero-order chi connectivity index (χ0) is 15.5. The topological polar surface area (TPSA) is 71.2 Å². The van der Waals surface area contributed by atoms with Crippen molar-refractivity contribution in [1.82, 2.24) is 10.3 Å². The van der Waals surface area contributed by atoms with Crippen molar-refractivity contribution >= 4 is 5.91 Å². The molecule has 0 saturated heterocycles. The Hall–Kier alpha value is -2.56. The largest absolute Gasteiger partial charge is 0.496 e. The van der Waals surface area contributed by atoms with Crippen molar-refractivity contribution in [3.63, 3.8) is 0 Å². The van der Waals surface area contributed by atoms with Crippen LogP contribution in [0.5, 0.6) is 5.75 Å². The second kappa shape index (κ2) is 6.05. The van der Waals surface area contributed by atoms with E-state index in [-0.39, 0.29) is 17.0 Å². The second-order valence-corrected chi connectivity index (χ2v) is 5.36. The molecule has 0 radical (unpaired) electrons. The lowest BCUT2D eigenvalue weighted by molar-refractivity contribution is 0.0949. The van der Waals surface area contributed by atoms with Crippen molar-refractivity contribution in [2.45, 2.75) is 25.8 Å². The molecule has 2 aromatic rings. The Bertz CT molecular complexity index is 765. The van der Waals surface area contributed by atoms with Crippen LogP contribution in [0.3, 0.4) is 0 Å². The number of hydrogen-bond donors (Lipinski definition) is 2. The molecule has 0 atom stereocenters. The Labute approximate surface area is 128 Å². The molecule has 5 nitrogen and oxygen atoms in total. The fraction of sp³-hybridized carbons (Fsp3) is 0.294. The van der Waals surface area contributed by atoms with E-state index in [4.69, 9.17) is 4.74 Å². The summed E-state index contributed by atoms with van der Waals surface area (Å²) >= 11 is 0. The van der Waals surface area contributed by atoms with Crippen LogP contribution in [0.15, 0.2) is 35.1 Å². The molecule has 2 N–H and O–H groups in total. The first-order valence-corrected chi connectivity index (χ1v) is 7.34. The van der Waals surface area contributed by atoms with Crippen LogP contribution < -0.4 is 15.6 Å². The zero-order valence-electron chi connectivity index (χ0n) is 12.4. The second-order valence-electron chi connectivity index (χ2n) is 5.36. The molecule has 0 spiro atoms. The number of methoxy groups -OCH3 is 1. The number of aromatic amines is 1. The van der Waals surface area contributed by atoms with Crippen molar-refractivity contribution in [3.05, 3.63) is 63.1 Å². The van der Waals surface area contributed by atoms with E-state index < -0.39 is 0 Å². The minimum absolute atomic E-state index is 0.176. The maximum absolute atomic E-state index is 12.3. The van der Waals surface area contributed by atoms with Gasteiger partial charge < -0.3 is 15.0 Å². The van der Waals surface area contributed by atoms with Gasteiger partial charge in [0.25, 0.3) is 11.5 Å². The van der Waals surface area contributed by atoms with Crippen molar-refractivity contribution in [2.75, 3.05) is 7.11 Å². The van der Waals surface area contributed by atoms with Gasteiger partial charge in [0.05, 0.1) is 7.11 Å². The predicted molar refractivity (Wildman–Crippen MR) is 83.3 cm³/mol. The van der Waals surface area contributed by atoms with Crippen LogP contribution in [0.4, 0.5) is 0 Å². The van der Waals surface area contributed by atoms with Crippen molar-refractivity contribution in [3.8, 4) is 5.75 Å². The highest BCUT2D eigenvalue weighted by Crippen LogP contribution is 2.19. The lowest BCUT2D eigenvalue weighted by atomic mass is 10.1. The standard InChI is InChI=1S/C17H18N2O3/c1-22-15-8-3-2-5-12(15)10-18-16(20)13-9-11-6-4-7-14(11)19-17(13)21/h2-3,5,8-9H,4,6-7,10H2,1H3,(H,18,20)(H,19,21). The maximum atomic E-state index is 12.3. The highest BCUT2D eigenvalue weighted by Gasteiger charge is 2.18. The van der Waals surface area contributed by atoms with Crippen LogP contribution in [0.25, 0.3) is 0 Å². The summed E-state index contributed by atoms with van der Waals surface area (Å²) in [5, 5.41) is 2.78. The fourth-order valence-electron chi connectivity index (χ4n) is 2.80. The number of amides is 1. The van der Waals surface area contributed by atoms with Gasteiger partial charge in [-0.25, -0.2) is 0 Å². The minimum Gasteiger partial charge on any atom is -0.496 e. The van der Waals surface area contributed by atoms with Crippen LogP contribution >= 0.6 is 0 Å². The molecule has 5 heteroatoms. The molecule has 1 aliphatic carbocycles. The minimum atomic E-state index is -0.359. The summed E-state index contributed by atoms with van der Waals surface area (Å²) in [5.41, 5.74) is 2.76. The first-order chi connectivity index (χ1) is 10.7. The molecule has 1 amide bonds. The Kier molecular flexibility index (Phi) is 3.96. The number of carbonyl (C=O) groups excluding carboxylic acids is 1. The van der Waals surface area contributed by atoms with Gasteiger partial charge in [0.1, 0.15) is 11.3 Å². The Morgan fingerprint density at radius 2 is 2.14 bits per heavy atom. The maximum Gasteiger partial charge on any atom is 0.261 e. The van der Waals surface area contributed by atoms with Crippen LogP contribution in [0.1, 0.15) is 33.6 Å². The van der Waals surface area contributed by atoms with E-state index in [2.05, 4.69) is 10.3 Å². The number of fused-ring (bicyclic) bond motifs is 1. The van der Waals surface area contributed by atoms with Gasteiger partial charge in [-0.05, 0) is 37.0 Å². The molecule has 3 rings (SSSR count). The number of benzene rings is 1. The highest BCUT2D eigenvalue weighted by atomic mass is 16.5. The Morgan fingerprint density at radius 3 is 2.95 bits per heavy atom. The van der Waals surface area contributed by atoms with E-state index in [0.717, 1.165) is 36.1 Å². The summed E-state index contributed by atoms with van der Waals surface area (Å²) in [6.45, 7) is 0.319. The van der Waals surface area contributed by atoms with Gasteiger partial charge in [-0.15, -0.1) is 0 Å². The summed E-state index contributed by atoms with van der Waals surface area (Å²) in [6, 6.07) is 9.19. The van der Waals surface area contributed by atoms with E-state index >= 15 is 0 Å². The average Bonchev–Trinajstić information content (AvgIpc) is 2.99. The molecule has 1 aromatic carbocycles. The van der Waals surface area contributed by atoms with Crippen LogP contribution in [0.2, 0.25) is 0 Å². The predicted octanol–water partition coefficient (Wildman–Crippen LogP) is 1.80. The first-order valence-electron chi connectivity index (χ1n) is 7.34. The van der Waals surface area contributed by atoms with Gasteiger partial charge in [-0.1, -0.05) is 18.2 Å². The Morgan fingerprint density at radius 1 is 1.32 bits per heavy atom. The number of ether oxygens (including phenoxy) is 1. The van der Waals surface area contributed by atoms with Crippen LogP contribution in [0, 0.1) is 0 Å². The third-order valence-corrected chi connectivity index (χ3v) is 3.96. The number of carbonyl (C=O) groups is 1. The van der Waals surface area contributed by atoms with E-state index in [1.54, 1.807) is 13.2 Å². The van der Waals surface area contributed by atoms with Gasteiger partial charge in [-0.2, -0.15) is 0 Å². The molecule has 0 aliphatic heterocycles. The van der Waals surface area contributed by atoms with Gasteiger partial charge in [0.15, 0.2) is 0 Å². The molecule has 0 saturated carbocycles. The number of H-pyrrole nitrogens is 1. The molecule has 22 heavy (non-hydrogen) atoms. The molecular weight excluding hydrogens is 280 g/mol. The third-order valence-electron chi connectivity index (χ3n) is 3.96. The molecular formula is C17H18N2O3. The van der Waals surface area contributed by atoms with Gasteiger partial charge in [-0.3, -0.25) is 9.59 Å². The van der Waals surface area contributed by atoms with Crippen LogP contribution in [-0.2, 0) is 19.4 Å². The van der Waals surface area contributed by atoms with Crippen molar-refractivity contribution in [1.29, 1.82) is 0 Å². The summed E-state index contributed by atoms with van der Waals surface area (Å²) < 4.78 is 5.25. The third kappa shape index (κ3) is 2.74. The zero-order valence-corrected chi connectivity index (χ0v) is 12.4. The van der Waals surface area contributed by atoms with E-state index in [9.17, 15) is 9.59 Å². The van der Waals surface area contributed by atoms with Gasteiger partial charge >= 0.3 is 0 Å². The smallest absolute Gasteiger partial charge is 0.261 e. The Balaban J connectivity index is 1.77. The van der Waals surface area contributed by atoms with E-state index in [0.29, 0.717) is 12.3 Å². The quantitative estimate of drug-likeness (QED) is 0.904. The normalized spacial score (nSPS) is 12.8. The van der Waals surface area contributed by atoms with Crippen molar-refractivity contribution in [2.24, 2.45) is 0 Å². The number of aryl methyl sites for hydroxylation is 2. The number of para-hydroxylation sites is 1. The molecule has 0 fully saturated rings. The molecule has 0 bridgehead atoms. The van der Waals surface area contributed by atoms with E-state index in [1.807, 2.05) is 24.3 Å². The first kappa shape index (κ1) is 14.4. The molecule has 1 aromatic heterocycles. The number of aromatic nitrogens is 1. The van der Waals surface area contributed by atoms with E-state index in [1.165, 1.54) is 0 Å². The number of nitrogens with one attached hydrogen (secondary N) is 2. The van der Waals surface area contributed by atoms with Crippen molar-refractivity contribution < 1.29 is 9.53 Å². The summed E-state index contributed by atoms with van der Waals surface area (Å²) in [5.74, 6) is 0.354. The lowest BCUT2D eigenvalue weighted by Crippen LogP contribution is -2.30. The number of pyridine rings is 1. The highest BCUT2D eigenvalue weighted by molar-refractivity contribution is 5.94. The SMILES string of the molecule is COc1ccccc1CNC(=O)c1cc2c([nH]c1=O)CCC2. The summed E-state index contributed by atoms with van der Waals surface area (Å²) in [7, 11) is 1.59. The molecule has 1 heterocycles. The van der Waals surface area contributed by atoms with Gasteiger partial charge in [0.2, 0.25) is 0 Å².